The molecule has 0 aromatic carbocycles. The highest BCUT2D eigenvalue weighted by molar-refractivity contribution is 6.65. The number of rotatable bonds is 0. The van der Waals surface area contributed by atoms with Gasteiger partial charge in [0.05, 0.1) is 0 Å². The van der Waals surface area contributed by atoms with Gasteiger partial charge in [-0.05, 0) is 6.92 Å². The molecule has 0 aliphatic rings. The Bertz CT molecular complexity index is 123. The number of nitrogens with two attached hydrogens (primary N) is 1. The summed E-state index contributed by atoms with van der Waals surface area (Å²) in [4.78, 5) is 7.16. The third-order valence-electron chi connectivity index (χ3n) is 0.498. The van der Waals surface area contributed by atoms with Crippen molar-refractivity contribution in [1.82, 2.24) is 0 Å². The summed E-state index contributed by atoms with van der Waals surface area (Å²) < 4.78 is 0. The van der Waals surface area contributed by atoms with Gasteiger partial charge < -0.3 is 5.73 Å². The van der Waals surface area contributed by atoms with E-state index in [1.54, 1.807) is 14.0 Å². The lowest BCUT2D eigenvalue weighted by Gasteiger charge is -1.86. The van der Waals surface area contributed by atoms with Gasteiger partial charge >= 0.3 is 0 Å². The highest BCUT2D eigenvalue weighted by Gasteiger charge is 1.82. The first-order valence-electron chi connectivity index (χ1n) is 2.10. The Morgan fingerprint density at radius 2 is 2.12 bits per heavy atom. The van der Waals surface area contributed by atoms with Crippen LogP contribution in [0, 0.1) is 0 Å². The van der Waals surface area contributed by atoms with E-state index in [9.17, 15) is 0 Å². The standard InChI is InChI=1S/C4H8ClN3/c1-3(5)8-4(6)7-2/h1-2H3,(H2,6,7)/b8-3+. The number of hydrogen-bond donors (Lipinski definition) is 1. The van der Waals surface area contributed by atoms with Crippen LogP contribution < -0.4 is 5.73 Å². The SMILES string of the molecule is CN=C(N)/N=C(\C)Cl. The van der Waals surface area contributed by atoms with Crippen molar-refractivity contribution in [1.29, 1.82) is 0 Å². The average Bonchev–Trinajstić information content (AvgIpc) is 1.65. The highest BCUT2D eigenvalue weighted by atomic mass is 35.5. The summed E-state index contributed by atoms with van der Waals surface area (Å²) >= 11 is 5.34. The van der Waals surface area contributed by atoms with Crippen LogP contribution >= 0.6 is 11.6 Å². The fraction of sp³-hybridized carbons (Fsp3) is 0.500. The van der Waals surface area contributed by atoms with Gasteiger partial charge in [-0.2, -0.15) is 0 Å². The van der Waals surface area contributed by atoms with Gasteiger partial charge in [-0.15, -0.1) is 0 Å². The van der Waals surface area contributed by atoms with Crippen LogP contribution in [0.4, 0.5) is 0 Å². The normalized spacial score (nSPS) is 14.4. The summed E-state index contributed by atoms with van der Waals surface area (Å²) in [5.74, 6) is 0.206. The molecule has 0 radical (unpaired) electrons. The van der Waals surface area contributed by atoms with Crippen LogP contribution in [-0.2, 0) is 0 Å². The first kappa shape index (κ1) is 7.43. The van der Waals surface area contributed by atoms with Gasteiger partial charge in [-0.25, -0.2) is 4.99 Å². The molecule has 46 valence electrons. The molecule has 2 N–H and O–H groups in total. The Morgan fingerprint density at radius 3 is 2.25 bits per heavy atom. The fourth-order valence-electron chi connectivity index (χ4n) is 0.208. The van der Waals surface area contributed by atoms with E-state index in [2.05, 4.69) is 9.98 Å². The molecule has 0 aromatic rings. The van der Waals surface area contributed by atoms with Gasteiger partial charge in [0.1, 0.15) is 5.17 Å². The molecule has 0 saturated heterocycles. The van der Waals surface area contributed by atoms with E-state index in [0.29, 0.717) is 5.17 Å². The van der Waals surface area contributed by atoms with Gasteiger partial charge in [0.25, 0.3) is 0 Å². The minimum atomic E-state index is 0.206. The Balaban J connectivity index is 3.89. The van der Waals surface area contributed by atoms with Crippen molar-refractivity contribution in [2.75, 3.05) is 7.05 Å². The molecule has 0 saturated carbocycles. The maximum Gasteiger partial charge on any atom is 0.216 e. The number of halogens is 1. The van der Waals surface area contributed by atoms with Crippen LogP contribution in [0.15, 0.2) is 9.98 Å². The summed E-state index contributed by atoms with van der Waals surface area (Å²) in [6, 6.07) is 0. The second-order valence-corrected chi connectivity index (χ2v) is 1.74. The summed E-state index contributed by atoms with van der Waals surface area (Å²) in [5, 5.41) is 0.396. The summed E-state index contributed by atoms with van der Waals surface area (Å²) in [6.45, 7) is 1.64. The average molecular weight is 134 g/mol. The van der Waals surface area contributed by atoms with E-state index in [1.807, 2.05) is 0 Å². The molecule has 0 amide bonds. The summed E-state index contributed by atoms with van der Waals surface area (Å²) in [5.41, 5.74) is 5.15. The molecule has 0 atom stereocenters. The molecule has 0 spiro atoms. The van der Waals surface area contributed by atoms with Gasteiger partial charge in [0.15, 0.2) is 0 Å². The molecule has 0 aromatic heterocycles. The Hall–Kier alpha value is -0.570. The van der Waals surface area contributed by atoms with Crippen LogP contribution in [0.25, 0.3) is 0 Å². The van der Waals surface area contributed by atoms with Crippen molar-refractivity contribution in [3.05, 3.63) is 0 Å². The molecule has 8 heavy (non-hydrogen) atoms. The predicted octanol–water partition coefficient (Wildman–Crippen LogP) is 0.588. The molecular weight excluding hydrogens is 126 g/mol. The molecule has 0 rings (SSSR count). The zero-order valence-electron chi connectivity index (χ0n) is 4.85. The number of nitrogens with zero attached hydrogens (tertiary/aromatic N) is 2. The topological polar surface area (TPSA) is 50.7 Å². The largest absolute Gasteiger partial charge is 0.368 e. The number of aliphatic imine (C=N–C) groups is 2. The fourth-order valence-corrected chi connectivity index (χ4v) is 0.294. The second-order valence-electron chi connectivity index (χ2n) is 1.19. The minimum Gasteiger partial charge on any atom is -0.368 e. The molecule has 4 heteroatoms. The zero-order valence-corrected chi connectivity index (χ0v) is 5.61. The zero-order chi connectivity index (χ0) is 6.57. The third-order valence-corrected chi connectivity index (χ3v) is 0.582. The van der Waals surface area contributed by atoms with Crippen molar-refractivity contribution in [3.63, 3.8) is 0 Å². The van der Waals surface area contributed by atoms with Crippen molar-refractivity contribution < 1.29 is 0 Å². The van der Waals surface area contributed by atoms with Crippen LogP contribution in [-0.4, -0.2) is 18.2 Å². The van der Waals surface area contributed by atoms with Gasteiger partial charge in [-0.1, -0.05) is 11.6 Å². The lowest BCUT2D eigenvalue weighted by Crippen LogP contribution is -2.08. The van der Waals surface area contributed by atoms with E-state index in [-0.39, 0.29) is 5.96 Å². The number of guanidine groups is 1. The Kier molecular flexibility index (Phi) is 3.19. The number of hydrogen-bond acceptors (Lipinski definition) is 1. The van der Waals surface area contributed by atoms with Crippen LogP contribution in [0.5, 0.6) is 0 Å². The molecule has 0 aliphatic heterocycles. The van der Waals surface area contributed by atoms with E-state index < -0.39 is 0 Å². The molecule has 0 heterocycles. The molecule has 3 nitrogen and oxygen atoms in total. The molecular formula is C4H8ClN3. The van der Waals surface area contributed by atoms with Gasteiger partial charge in [0.2, 0.25) is 5.96 Å². The third kappa shape index (κ3) is 3.61. The minimum absolute atomic E-state index is 0.206. The molecule has 0 unspecified atom stereocenters. The van der Waals surface area contributed by atoms with Crippen LogP contribution in [0.1, 0.15) is 6.92 Å². The smallest absolute Gasteiger partial charge is 0.216 e. The Labute approximate surface area is 53.3 Å². The van der Waals surface area contributed by atoms with Crippen LogP contribution in [0.3, 0.4) is 0 Å². The monoisotopic (exact) mass is 133 g/mol. The van der Waals surface area contributed by atoms with E-state index in [4.69, 9.17) is 17.3 Å². The lowest BCUT2D eigenvalue weighted by molar-refractivity contribution is 1.36. The second kappa shape index (κ2) is 3.43. The highest BCUT2D eigenvalue weighted by Crippen LogP contribution is 1.81. The predicted molar refractivity (Wildman–Crippen MR) is 36.5 cm³/mol. The van der Waals surface area contributed by atoms with Crippen molar-refractivity contribution in [3.8, 4) is 0 Å². The van der Waals surface area contributed by atoms with E-state index in [0.717, 1.165) is 0 Å². The van der Waals surface area contributed by atoms with Gasteiger partial charge in [0, 0.05) is 7.05 Å². The lowest BCUT2D eigenvalue weighted by atomic mass is 10.8. The first-order valence-corrected chi connectivity index (χ1v) is 2.47. The molecule has 0 bridgehead atoms. The maximum absolute atomic E-state index is 5.34. The van der Waals surface area contributed by atoms with Crippen molar-refractivity contribution in [2.45, 2.75) is 6.92 Å². The first-order chi connectivity index (χ1) is 3.66. The Morgan fingerprint density at radius 1 is 1.62 bits per heavy atom. The van der Waals surface area contributed by atoms with Gasteiger partial charge in [-0.3, -0.25) is 4.99 Å². The quantitative estimate of drug-likeness (QED) is 0.382. The summed E-state index contributed by atoms with van der Waals surface area (Å²) in [7, 11) is 1.55. The molecule has 0 aliphatic carbocycles. The molecule has 0 fully saturated rings. The van der Waals surface area contributed by atoms with Crippen molar-refractivity contribution >= 4 is 22.7 Å². The van der Waals surface area contributed by atoms with E-state index >= 15 is 0 Å². The van der Waals surface area contributed by atoms with E-state index in [1.165, 1.54) is 0 Å². The van der Waals surface area contributed by atoms with Crippen LogP contribution in [0.2, 0.25) is 0 Å². The maximum atomic E-state index is 5.34. The van der Waals surface area contributed by atoms with Crippen molar-refractivity contribution in [2.24, 2.45) is 15.7 Å². The summed E-state index contributed by atoms with van der Waals surface area (Å²) in [6.07, 6.45) is 0.